The number of sulfonamides is 1. The summed E-state index contributed by atoms with van der Waals surface area (Å²) in [5, 5.41) is 3.37. The van der Waals surface area contributed by atoms with Crippen LogP contribution in [0.25, 0.3) is 0 Å². The molecule has 1 aliphatic rings. The third-order valence-corrected chi connectivity index (χ3v) is 6.79. The Bertz CT molecular complexity index is 573. The highest BCUT2D eigenvalue weighted by molar-refractivity contribution is 7.90. The molecular weight excluding hydrogens is 296 g/mol. The number of benzene rings is 1. The standard InChI is InChI=1S/C17H28N2O2S/c1-4-11-19-22(20,21)17(2,3)16-7-5-14(6-8-16)15-9-12-18-13-10-15/h5-8,15,18-19H,4,9-13H2,1-3H3. The molecule has 1 aromatic carbocycles. The average Bonchev–Trinajstić information content (AvgIpc) is 2.54. The first-order valence-corrected chi connectivity index (χ1v) is 9.67. The van der Waals surface area contributed by atoms with Crippen molar-refractivity contribution in [2.24, 2.45) is 0 Å². The maximum absolute atomic E-state index is 12.5. The highest BCUT2D eigenvalue weighted by Crippen LogP contribution is 2.31. The van der Waals surface area contributed by atoms with Gasteiger partial charge in [-0.25, -0.2) is 13.1 Å². The van der Waals surface area contributed by atoms with Crippen LogP contribution in [0.15, 0.2) is 24.3 Å². The Balaban J connectivity index is 2.17. The molecule has 1 aromatic rings. The predicted octanol–water partition coefficient (Wildman–Crippen LogP) is 2.72. The predicted molar refractivity (Wildman–Crippen MR) is 91.5 cm³/mol. The molecule has 124 valence electrons. The molecule has 0 aromatic heterocycles. The Labute approximate surface area is 134 Å². The summed E-state index contributed by atoms with van der Waals surface area (Å²) in [4.78, 5) is 0. The first-order chi connectivity index (χ1) is 10.4. The van der Waals surface area contributed by atoms with Gasteiger partial charge in [0.2, 0.25) is 10.0 Å². The topological polar surface area (TPSA) is 58.2 Å². The van der Waals surface area contributed by atoms with Gasteiger partial charge in [0.25, 0.3) is 0 Å². The van der Waals surface area contributed by atoms with Crippen LogP contribution in [0.2, 0.25) is 0 Å². The van der Waals surface area contributed by atoms with E-state index < -0.39 is 14.8 Å². The van der Waals surface area contributed by atoms with Gasteiger partial charge >= 0.3 is 0 Å². The third kappa shape index (κ3) is 3.70. The molecular formula is C17H28N2O2S. The van der Waals surface area contributed by atoms with Gasteiger partial charge in [0.15, 0.2) is 0 Å². The van der Waals surface area contributed by atoms with Crippen molar-refractivity contribution in [3.8, 4) is 0 Å². The second-order valence-electron chi connectivity index (χ2n) is 6.55. The second-order valence-corrected chi connectivity index (χ2v) is 8.87. The molecule has 5 heteroatoms. The van der Waals surface area contributed by atoms with E-state index in [4.69, 9.17) is 0 Å². The Morgan fingerprint density at radius 2 is 1.77 bits per heavy atom. The van der Waals surface area contributed by atoms with Crippen molar-refractivity contribution in [1.29, 1.82) is 0 Å². The minimum absolute atomic E-state index is 0.485. The lowest BCUT2D eigenvalue weighted by Crippen LogP contribution is -2.40. The summed E-state index contributed by atoms with van der Waals surface area (Å²) in [7, 11) is -3.37. The molecule has 1 fully saturated rings. The van der Waals surface area contributed by atoms with Gasteiger partial charge in [-0.1, -0.05) is 31.2 Å². The van der Waals surface area contributed by atoms with Gasteiger partial charge in [0, 0.05) is 6.54 Å². The van der Waals surface area contributed by atoms with Crippen LogP contribution in [-0.2, 0) is 14.8 Å². The number of nitrogens with one attached hydrogen (secondary N) is 2. The minimum Gasteiger partial charge on any atom is -0.317 e. The van der Waals surface area contributed by atoms with Gasteiger partial charge in [-0.3, -0.25) is 0 Å². The van der Waals surface area contributed by atoms with Crippen molar-refractivity contribution in [2.75, 3.05) is 19.6 Å². The molecule has 0 unspecified atom stereocenters. The number of hydrogen-bond donors (Lipinski definition) is 2. The quantitative estimate of drug-likeness (QED) is 0.846. The molecule has 1 aliphatic heterocycles. The average molecular weight is 324 g/mol. The van der Waals surface area contributed by atoms with Crippen LogP contribution in [0.3, 0.4) is 0 Å². The monoisotopic (exact) mass is 324 g/mol. The summed E-state index contributed by atoms with van der Waals surface area (Å²) in [6.45, 7) is 8.11. The molecule has 0 atom stereocenters. The first kappa shape index (κ1) is 17.4. The van der Waals surface area contributed by atoms with Crippen LogP contribution in [0.5, 0.6) is 0 Å². The van der Waals surface area contributed by atoms with Crippen LogP contribution in [0.4, 0.5) is 0 Å². The third-order valence-electron chi connectivity index (χ3n) is 4.63. The zero-order valence-electron chi connectivity index (χ0n) is 13.9. The van der Waals surface area contributed by atoms with Crippen molar-refractivity contribution in [3.63, 3.8) is 0 Å². The van der Waals surface area contributed by atoms with Gasteiger partial charge < -0.3 is 5.32 Å². The van der Waals surface area contributed by atoms with Gasteiger partial charge in [-0.15, -0.1) is 0 Å². The Morgan fingerprint density at radius 1 is 1.18 bits per heavy atom. The van der Waals surface area contributed by atoms with E-state index in [1.54, 1.807) is 13.8 Å². The molecule has 0 spiro atoms. The Kier molecular flexibility index (Phi) is 5.64. The molecule has 1 heterocycles. The van der Waals surface area contributed by atoms with Crippen LogP contribution in [0.1, 0.15) is 57.1 Å². The molecule has 0 bridgehead atoms. The summed E-state index contributed by atoms with van der Waals surface area (Å²) in [6.07, 6.45) is 3.10. The normalized spacial score (nSPS) is 17.6. The molecule has 1 saturated heterocycles. The van der Waals surface area contributed by atoms with E-state index in [0.717, 1.165) is 37.9 Å². The highest BCUT2D eigenvalue weighted by Gasteiger charge is 2.35. The molecule has 0 radical (unpaired) electrons. The van der Waals surface area contributed by atoms with Crippen LogP contribution in [0, 0.1) is 0 Å². The fourth-order valence-corrected chi connectivity index (χ4v) is 4.16. The molecule has 4 nitrogen and oxygen atoms in total. The SMILES string of the molecule is CCCNS(=O)(=O)C(C)(C)c1ccc(C2CCNCC2)cc1. The van der Waals surface area contributed by atoms with Crippen LogP contribution >= 0.6 is 0 Å². The summed E-state index contributed by atoms with van der Waals surface area (Å²) < 4.78 is 26.7. The fourth-order valence-electron chi connectivity index (χ4n) is 2.88. The fraction of sp³-hybridized carbons (Fsp3) is 0.647. The van der Waals surface area contributed by atoms with Crippen molar-refractivity contribution in [2.45, 2.75) is 50.7 Å². The largest absolute Gasteiger partial charge is 0.317 e. The van der Waals surface area contributed by atoms with Crippen molar-refractivity contribution < 1.29 is 8.42 Å². The van der Waals surface area contributed by atoms with E-state index in [1.807, 2.05) is 19.1 Å². The van der Waals surface area contributed by atoms with Gasteiger partial charge in [-0.05, 0) is 63.2 Å². The van der Waals surface area contributed by atoms with Gasteiger partial charge in [0.05, 0.1) is 0 Å². The van der Waals surface area contributed by atoms with E-state index in [9.17, 15) is 8.42 Å². The molecule has 2 rings (SSSR count). The lowest BCUT2D eigenvalue weighted by molar-refractivity contribution is 0.460. The number of piperidine rings is 1. The summed E-state index contributed by atoms with van der Waals surface area (Å²) in [5.74, 6) is 0.591. The smallest absolute Gasteiger partial charge is 0.221 e. The zero-order chi connectivity index (χ0) is 16.2. The van der Waals surface area contributed by atoms with Crippen molar-refractivity contribution in [1.82, 2.24) is 10.0 Å². The Hall–Kier alpha value is -0.910. The van der Waals surface area contributed by atoms with Crippen LogP contribution < -0.4 is 10.0 Å². The van der Waals surface area contributed by atoms with Gasteiger partial charge in [-0.2, -0.15) is 0 Å². The lowest BCUT2D eigenvalue weighted by atomic mass is 9.89. The first-order valence-electron chi connectivity index (χ1n) is 8.19. The van der Waals surface area contributed by atoms with E-state index in [-0.39, 0.29) is 0 Å². The van der Waals surface area contributed by atoms with Gasteiger partial charge in [0.1, 0.15) is 4.75 Å². The maximum atomic E-state index is 12.5. The van der Waals surface area contributed by atoms with E-state index in [1.165, 1.54) is 5.56 Å². The van der Waals surface area contributed by atoms with E-state index in [2.05, 4.69) is 22.2 Å². The summed E-state index contributed by atoms with van der Waals surface area (Å²) >= 11 is 0. The van der Waals surface area contributed by atoms with E-state index >= 15 is 0 Å². The highest BCUT2D eigenvalue weighted by atomic mass is 32.2. The van der Waals surface area contributed by atoms with E-state index in [0.29, 0.717) is 12.5 Å². The second kappa shape index (κ2) is 7.11. The number of hydrogen-bond acceptors (Lipinski definition) is 3. The van der Waals surface area contributed by atoms with Crippen LogP contribution in [-0.4, -0.2) is 28.1 Å². The number of rotatable bonds is 6. The summed E-state index contributed by atoms with van der Waals surface area (Å²) in [6, 6.07) is 8.15. The molecule has 2 N–H and O–H groups in total. The minimum atomic E-state index is -3.37. The molecule has 0 saturated carbocycles. The molecule has 22 heavy (non-hydrogen) atoms. The Morgan fingerprint density at radius 3 is 2.32 bits per heavy atom. The summed E-state index contributed by atoms with van der Waals surface area (Å²) in [5.41, 5.74) is 2.16. The lowest BCUT2D eigenvalue weighted by Gasteiger charge is -2.27. The zero-order valence-corrected chi connectivity index (χ0v) is 14.7. The maximum Gasteiger partial charge on any atom is 0.221 e. The molecule has 0 aliphatic carbocycles. The van der Waals surface area contributed by atoms with Crippen molar-refractivity contribution >= 4 is 10.0 Å². The van der Waals surface area contributed by atoms with Crippen molar-refractivity contribution in [3.05, 3.63) is 35.4 Å². The molecule has 0 amide bonds.